The van der Waals surface area contributed by atoms with E-state index < -0.39 is 6.10 Å². The van der Waals surface area contributed by atoms with E-state index in [4.69, 9.17) is 0 Å². The Morgan fingerprint density at radius 1 is 1.43 bits per heavy atom. The summed E-state index contributed by atoms with van der Waals surface area (Å²) in [6.45, 7) is 6.29. The summed E-state index contributed by atoms with van der Waals surface area (Å²) in [7, 11) is 0. The van der Waals surface area contributed by atoms with Gasteiger partial charge in [-0.05, 0) is 43.8 Å². The summed E-state index contributed by atoms with van der Waals surface area (Å²) in [6, 6.07) is 5.53. The van der Waals surface area contributed by atoms with E-state index >= 15 is 0 Å². The van der Waals surface area contributed by atoms with Gasteiger partial charge in [-0.3, -0.25) is 0 Å². The van der Waals surface area contributed by atoms with Crippen molar-refractivity contribution in [2.45, 2.75) is 32.9 Å². The summed E-state index contributed by atoms with van der Waals surface area (Å²) >= 11 is 3.21. The number of urea groups is 1. The van der Waals surface area contributed by atoms with Crippen LogP contribution in [0.1, 0.15) is 39.3 Å². The Morgan fingerprint density at radius 3 is 2.76 bits per heavy atom. The summed E-state index contributed by atoms with van der Waals surface area (Å²) in [6.07, 6.45) is -0.656. The standard InChI is InChI=1S/C15H20N2O2S2/c1-9-7-12(11(3)21-9)10(2)17-15(19)16-8-13(18)14-5-4-6-20-14/h4-7,10,13,18H,8H2,1-3H3,(H2,16,17,19)/t10-,13+/m0/s1. The molecule has 21 heavy (non-hydrogen) atoms. The average molecular weight is 324 g/mol. The maximum atomic E-state index is 11.9. The summed E-state index contributed by atoms with van der Waals surface area (Å²) in [4.78, 5) is 15.2. The molecule has 0 aliphatic heterocycles. The van der Waals surface area contributed by atoms with Gasteiger partial charge in [-0.15, -0.1) is 22.7 Å². The molecule has 0 bridgehead atoms. The van der Waals surface area contributed by atoms with Gasteiger partial charge < -0.3 is 15.7 Å². The van der Waals surface area contributed by atoms with Crippen LogP contribution in [0.5, 0.6) is 0 Å². The van der Waals surface area contributed by atoms with Gasteiger partial charge >= 0.3 is 6.03 Å². The van der Waals surface area contributed by atoms with Crippen LogP contribution in [0.4, 0.5) is 4.79 Å². The summed E-state index contributed by atoms with van der Waals surface area (Å²) in [5, 5.41) is 17.4. The topological polar surface area (TPSA) is 61.4 Å². The maximum Gasteiger partial charge on any atom is 0.315 e. The number of aliphatic hydroxyl groups excluding tert-OH is 1. The van der Waals surface area contributed by atoms with Crippen molar-refractivity contribution >= 4 is 28.7 Å². The molecule has 4 nitrogen and oxygen atoms in total. The highest BCUT2D eigenvalue weighted by Crippen LogP contribution is 2.26. The van der Waals surface area contributed by atoms with Crippen molar-refractivity contribution in [3.63, 3.8) is 0 Å². The highest BCUT2D eigenvalue weighted by Gasteiger charge is 2.15. The van der Waals surface area contributed by atoms with Crippen molar-refractivity contribution in [3.05, 3.63) is 43.8 Å². The highest BCUT2D eigenvalue weighted by atomic mass is 32.1. The zero-order chi connectivity index (χ0) is 15.4. The van der Waals surface area contributed by atoms with Gasteiger partial charge in [-0.25, -0.2) is 4.79 Å². The monoisotopic (exact) mass is 324 g/mol. The third-order valence-corrected chi connectivity index (χ3v) is 5.18. The fraction of sp³-hybridized carbons (Fsp3) is 0.400. The molecule has 0 aliphatic rings. The first kappa shape index (κ1) is 16.0. The van der Waals surface area contributed by atoms with Gasteiger partial charge in [-0.2, -0.15) is 0 Å². The number of carbonyl (C=O) groups is 1. The van der Waals surface area contributed by atoms with Gasteiger partial charge in [-0.1, -0.05) is 6.07 Å². The van der Waals surface area contributed by atoms with E-state index in [0.717, 1.165) is 10.4 Å². The molecule has 114 valence electrons. The van der Waals surface area contributed by atoms with E-state index in [2.05, 4.69) is 30.5 Å². The van der Waals surface area contributed by atoms with Crippen molar-refractivity contribution in [3.8, 4) is 0 Å². The van der Waals surface area contributed by atoms with Crippen molar-refractivity contribution in [1.82, 2.24) is 10.6 Å². The first-order chi connectivity index (χ1) is 9.97. The van der Waals surface area contributed by atoms with Crippen LogP contribution < -0.4 is 10.6 Å². The number of amides is 2. The second kappa shape index (κ2) is 7.06. The minimum atomic E-state index is -0.656. The molecular formula is C15H20N2O2S2. The molecule has 0 saturated carbocycles. The number of hydrogen-bond acceptors (Lipinski definition) is 4. The molecule has 2 rings (SSSR count). The smallest absolute Gasteiger partial charge is 0.315 e. The first-order valence-electron chi connectivity index (χ1n) is 6.80. The Labute approximate surface area is 132 Å². The molecule has 2 amide bonds. The molecule has 0 fully saturated rings. The van der Waals surface area contributed by atoms with Gasteiger partial charge in [0.05, 0.1) is 12.6 Å². The third-order valence-electron chi connectivity index (χ3n) is 3.22. The molecular weight excluding hydrogens is 304 g/mol. The number of rotatable bonds is 5. The Hall–Kier alpha value is -1.37. The fourth-order valence-corrected chi connectivity index (χ4v) is 3.91. The molecule has 2 aromatic rings. The van der Waals surface area contributed by atoms with Crippen LogP contribution in [0.25, 0.3) is 0 Å². The molecule has 0 unspecified atom stereocenters. The average Bonchev–Trinajstić information content (AvgIpc) is 3.05. The molecule has 2 atom stereocenters. The predicted molar refractivity (Wildman–Crippen MR) is 88.0 cm³/mol. The second-order valence-corrected chi connectivity index (χ2v) is 7.42. The van der Waals surface area contributed by atoms with Crippen LogP contribution in [0.15, 0.2) is 23.6 Å². The molecule has 3 N–H and O–H groups in total. The van der Waals surface area contributed by atoms with Gasteiger partial charge in [0.2, 0.25) is 0 Å². The largest absolute Gasteiger partial charge is 0.386 e. The molecule has 6 heteroatoms. The maximum absolute atomic E-state index is 11.9. The Bertz CT molecular complexity index is 593. The number of nitrogens with one attached hydrogen (secondary N) is 2. The fourth-order valence-electron chi connectivity index (χ4n) is 2.18. The molecule has 0 spiro atoms. The lowest BCUT2D eigenvalue weighted by molar-refractivity contribution is 0.176. The van der Waals surface area contributed by atoms with Crippen LogP contribution in [-0.4, -0.2) is 17.7 Å². The van der Waals surface area contributed by atoms with E-state index in [1.807, 2.05) is 24.4 Å². The van der Waals surface area contributed by atoms with Crippen LogP contribution in [0.2, 0.25) is 0 Å². The number of aliphatic hydroxyl groups is 1. The van der Waals surface area contributed by atoms with E-state index in [1.165, 1.54) is 21.1 Å². The van der Waals surface area contributed by atoms with Crippen molar-refractivity contribution in [2.75, 3.05) is 6.54 Å². The van der Waals surface area contributed by atoms with Gasteiger partial charge in [0, 0.05) is 14.6 Å². The van der Waals surface area contributed by atoms with Crippen LogP contribution in [0.3, 0.4) is 0 Å². The normalized spacial score (nSPS) is 13.7. The van der Waals surface area contributed by atoms with E-state index in [0.29, 0.717) is 0 Å². The minimum absolute atomic E-state index is 0.0474. The molecule has 2 aromatic heterocycles. The van der Waals surface area contributed by atoms with Crippen molar-refractivity contribution in [2.24, 2.45) is 0 Å². The zero-order valence-corrected chi connectivity index (χ0v) is 14.0. The number of aryl methyl sites for hydroxylation is 2. The first-order valence-corrected chi connectivity index (χ1v) is 8.49. The molecule has 0 aliphatic carbocycles. The Morgan fingerprint density at radius 2 is 2.19 bits per heavy atom. The predicted octanol–water partition coefficient (Wildman–Crippen LogP) is 3.52. The third kappa shape index (κ3) is 4.30. The summed E-state index contributed by atoms with van der Waals surface area (Å²) in [5.41, 5.74) is 1.14. The van der Waals surface area contributed by atoms with Crippen LogP contribution in [-0.2, 0) is 0 Å². The molecule has 0 aromatic carbocycles. The SMILES string of the molecule is Cc1cc([C@H](C)NC(=O)NC[C@@H](O)c2cccs2)c(C)s1. The molecule has 2 heterocycles. The van der Waals surface area contributed by atoms with E-state index in [9.17, 15) is 9.90 Å². The van der Waals surface area contributed by atoms with Crippen LogP contribution >= 0.6 is 22.7 Å². The second-order valence-electron chi connectivity index (χ2n) is 4.98. The summed E-state index contributed by atoms with van der Waals surface area (Å²) in [5.74, 6) is 0. The minimum Gasteiger partial charge on any atom is -0.386 e. The highest BCUT2D eigenvalue weighted by molar-refractivity contribution is 7.12. The van der Waals surface area contributed by atoms with Gasteiger partial charge in [0.25, 0.3) is 0 Å². The van der Waals surface area contributed by atoms with Crippen LogP contribution in [0, 0.1) is 13.8 Å². The van der Waals surface area contributed by atoms with E-state index in [-0.39, 0.29) is 18.6 Å². The van der Waals surface area contributed by atoms with Crippen molar-refractivity contribution < 1.29 is 9.90 Å². The zero-order valence-electron chi connectivity index (χ0n) is 12.3. The lowest BCUT2D eigenvalue weighted by Gasteiger charge is -2.16. The lowest BCUT2D eigenvalue weighted by atomic mass is 10.1. The quantitative estimate of drug-likeness (QED) is 0.788. The Balaban J connectivity index is 1.83. The summed E-state index contributed by atoms with van der Waals surface area (Å²) < 4.78 is 0. The number of carbonyl (C=O) groups excluding carboxylic acids is 1. The van der Waals surface area contributed by atoms with Gasteiger partial charge in [0.1, 0.15) is 6.10 Å². The van der Waals surface area contributed by atoms with Crippen molar-refractivity contribution in [1.29, 1.82) is 0 Å². The lowest BCUT2D eigenvalue weighted by Crippen LogP contribution is -2.39. The molecule has 0 radical (unpaired) electrons. The Kier molecular flexibility index (Phi) is 5.39. The van der Waals surface area contributed by atoms with Gasteiger partial charge in [0.15, 0.2) is 0 Å². The van der Waals surface area contributed by atoms with E-state index in [1.54, 1.807) is 11.3 Å². The molecule has 0 saturated heterocycles. The number of hydrogen-bond donors (Lipinski definition) is 3. The number of thiophene rings is 2.